The molecule has 0 saturated carbocycles. The van der Waals surface area contributed by atoms with Gasteiger partial charge in [-0.25, -0.2) is 13.4 Å². The Morgan fingerprint density at radius 1 is 1.18 bits per heavy atom. The predicted molar refractivity (Wildman–Crippen MR) is 108 cm³/mol. The minimum Gasteiger partial charge on any atom is -0.489 e. The van der Waals surface area contributed by atoms with Gasteiger partial charge in [-0.2, -0.15) is 0 Å². The first kappa shape index (κ1) is 20.4. The maximum atomic E-state index is 13.1. The number of fused-ring (bicyclic) bond motifs is 1. The molecule has 3 rings (SSSR count). The van der Waals surface area contributed by atoms with Crippen molar-refractivity contribution in [2.75, 3.05) is 6.61 Å². The summed E-state index contributed by atoms with van der Waals surface area (Å²) in [5.41, 5.74) is 1.70. The minimum absolute atomic E-state index is 0.153. The summed E-state index contributed by atoms with van der Waals surface area (Å²) in [5.74, 6) is 0.295. The third-order valence-corrected chi connectivity index (χ3v) is 6.90. The van der Waals surface area contributed by atoms with E-state index in [0.717, 1.165) is 5.56 Å². The number of hydrogen-bond donors (Lipinski definition) is 0. The van der Waals surface area contributed by atoms with Crippen molar-refractivity contribution >= 4 is 15.5 Å². The standard InChI is InChI=1S/C21H26N2O4S/c1-16(26-15-17-8-6-5-7-9-17)14-27-18-12-20-22-10-11-23(20)13-19(18)28(24,25)21(2,3)4/h5-13,16H,14-15H2,1-4H3/t16-/m0/s1. The number of nitrogens with zero attached hydrogens (tertiary/aromatic N) is 2. The van der Waals surface area contributed by atoms with Gasteiger partial charge in [0.05, 0.1) is 17.5 Å². The molecule has 0 radical (unpaired) electrons. The molecule has 0 aliphatic heterocycles. The van der Waals surface area contributed by atoms with Crippen molar-refractivity contribution in [2.24, 2.45) is 0 Å². The van der Waals surface area contributed by atoms with E-state index in [1.165, 1.54) is 0 Å². The highest BCUT2D eigenvalue weighted by Gasteiger charge is 2.34. The molecule has 28 heavy (non-hydrogen) atoms. The first-order chi connectivity index (χ1) is 13.2. The number of pyridine rings is 1. The number of benzene rings is 1. The van der Waals surface area contributed by atoms with Crippen LogP contribution in [0.3, 0.4) is 0 Å². The topological polar surface area (TPSA) is 69.9 Å². The zero-order chi connectivity index (χ0) is 20.4. The first-order valence-corrected chi connectivity index (χ1v) is 10.7. The molecule has 0 spiro atoms. The number of rotatable bonds is 7. The molecule has 0 saturated heterocycles. The van der Waals surface area contributed by atoms with Gasteiger partial charge in [0.15, 0.2) is 9.84 Å². The van der Waals surface area contributed by atoms with Gasteiger partial charge in [-0.05, 0) is 33.3 Å². The second-order valence-corrected chi connectivity index (χ2v) is 10.4. The van der Waals surface area contributed by atoms with Gasteiger partial charge in [0.1, 0.15) is 22.9 Å². The largest absolute Gasteiger partial charge is 0.489 e. The molecule has 0 aliphatic rings. The fourth-order valence-electron chi connectivity index (χ4n) is 2.64. The SMILES string of the molecule is C[C@@H](COc1cc2nccn2cc1S(=O)(=O)C(C)(C)C)OCc1ccccc1. The molecule has 0 unspecified atom stereocenters. The Balaban J connectivity index is 1.79. The van der Waals surface area contributed by atoms with E-state index < -0.39 is 14.6 Å². The Hall–Kier alpha value is -2.38. The molecular weight excluding hydrogens is 376 g/mol. The Morgan fingerprint density at radius 3 is 2.57 bits per heavy atom. The van der Waals surface area contributed by atoms with E-state index in [1.54, 1.807) is 49.8 Å². The molecule has 2 heterocycles. The molecule has 0 aliphatic carbocycles. The van der Waals surface area contributed by atoms with Crippen LogP contribution in [0.15, 0.2) is 59.9 Å². The number of ether oxygens (including phenoxy) is 2. The van der Waals surface area contributed by atoms with Gasteiger partial charge in [-0.1, -0.05) is 30.3 Å². The summed E-state index contributed by atoms with van der Waals surface area (Å²) in [4.78, 5) is 4.38. The average molecular weight is 403 g/mol. The molecule has 3 aromatic rings. The molecule has 7 heteroatoms. The maximum Gasteiger partial charge on any atom is 0.188 e. The Morgan fingerprint density at radius 2 is 1.89 bits per heavy atom. The molecule has 150 valence electrons. The maximum absolute atomic E-state index is 13.1. The zero-order valence-electron chi connectivity index (χ0n) is 16.6. The van der Waals surface area contributed by atoms with Crippen LogP contribution in [0.4, 0.5) is 0 Å². The number of sulfone groups is 1. The van der Waals surface area contributed by atoms with E-state index in [0.29, 0.717) is 18.0 Å². The van der Waals surface area contributed by atoms with Gasteiger partial charge < -0.3 is 13.9 Å². The van der Waals surface area contributed by atoms with Crippen LogP contribution in [0, 0.1) is 0 Å². The molecule has 1 atom stereocenters. The third-order valence-electron chi connectivity index (χ3n) is 4.40. The molecule has 1 aromatic carbocycles. The fraction of sp³-hybridized carbons (Fsp3) is 0.381. The van der Waals surface area contributed by atoms with Crippen molar-refractivity contribution < 1.29 is 17.9 Å². The van der Waals surface area contributed by atoms with Crippen LogP contribution < -0.4 is 4.74 Å². The van der Waals surface area contributed by atoms with E-state index in [9.17, 15) is 8.42 Å². The Kier molecular flexibility index (Phi) is 5.76. The highest BCUT2D eigenvalue weighted by atomic mass is 32.2. The van der Waals surface area contributed by atoms with Crippen molar-refractivity contribution in [3.05, 3.63) is 60.6 Å². The normalized spacial score (nSPS) is 13.6. The first-order valence-electron chi connectivity index (χ1n) is 9.18. The lowest BCUT2D eigenvalue weighted by Gasteiger charge is -2.22. The van der Waals surface area contributed by atoms with E-state index in [-0.39, 0.29) is 17.6 Å². The summed E-state index contributed by atoms with van der Waals surface area (Å²) >= 11 is 0. The van der Waals surface area contributed by atoms with Crippen LogP contribution in [0.5, 0.6) is 5.75 Å². The van der Waals surface area contributed by atoms with Gasteiger partial charge in [0.2, 0.25) is 0 Å². The summed E-state index contributed by atoms with van der Waals surface area (Å²) in [6.45, 7) is 7.63. The van der Waals surface area contributed by atoms with Crippen molar-refractivity contribution in [3.63, 3.8) is 0 Å². The van der Waals surface area contributed by atoms with Crippen molar-refractivity contribution in [3.8, 4) is 5.75 Å². The van der Waals surface area contributed by atoms with Crippen LogP contribution in [-0.4, -0.2) is 35.3 Å². The Bertz CT molecular complexity index is 1040. The molecule has 0 fully saturated rings. The summed E-state index contributed by atoms with van der Waals surface area (Å²) in [6.07, 6.45) is 4.69. The van der Waals surface area contributed by atoms with Crippen molar-refractivity contribution in [1.82, 2.24) is 9.38 Å². The monoisotopic (exact) mass is 402 g/mol. The number of hydrogen-bond acceptors (Lipinski definition) is 5. The fourth-order valence-corrected chi connectivity index (χ4v) is 3.93. The lowest BCUT2D eigenvalue weighted by Crippen LogP contribution is -2.29. The van der Waals surface area contributed by atoms with Crippen molar-refractivity contribution in [2.45, 2.75) is 50.0 Å². The Labute approximate surface area is 166 Å². The average Bonchev–Trinajstić information content (AvgIpc) is 3.11. The lowest BCUT2D eigenvalue weighted by atomic mass is 10.2. The van der Waals surface area contributed by atoms with Gasteiger partial charge in [-0.15, -0.1) is 0 Å². The molecule has 6 nitrogen and oxygen atoms in total. The highest BCUT2D eigenvalue weighted by Crippen LogP contribution is 2.33. The molecule has 0 bridgehead atoms. The van der Waals surface area contributed by atoms with E-state index in [4.69, 9.17) is 9.47 Å². The number of aromatic nitrogens is 2. The van der Waals surface area contributed by atoms with E-state index in [1.807, 2.05) is 37.3 Å². The van der Waals surface area contributed by atoms with Crippen molar-refractivity contribution in [1.29, 1.82) is 0 Å². The van der Waals surface area contributed by atoms with Crippen LogP contribution in [-0.2, 0) is 21.2 Å². The van der Waals surface area contributed by atoms with Crippen LogP contribution in [0.1, 0.15) is 33.3 Å². The second-order valence-electron chi connectivity index (χ2n) is 7.73. The quantitative estimate of drug-likeness (QED) is 0.600. The summed E-state index contributed by atoms with van der Waals surface area (Å²) in [7, 11) is -3.59. The van der Waals surface area contributed by atoms with Gasteiger partial charge >= 0.3 is 0 Å². The molecular formula is C21H26N2O4S. The third kappa shape index (κ3) is 4.36. The molecule has 0 N–H and O–H groups in total. The van der Waals surface area contributed by atoms with Gasteiger partial charge in [-0.3, -0.25) is 0 Å². The van der Waals surface area contributed by atoms with Gasteiger partial charge in [0, 0.05) is 24.7 Å². The smallest absolute Gasteiger partial charge is 0.188 e. The predicted octanol–water partition coefficient (Wildman–Crippen LogP) is 3.89. The highest BCUT2D eigenvalue weighted by molar-refractivity contribution is 7.92. The minimum atomic E-state index is -3.59. The zero-order valence-corrected chi connectivity index (χ0v) is 17.4. The lowest BCUT2D eigenvalue weighted by molar-refractivity contribution is 0.0207. The van der Waals surface area contributed by atoms with E-state index >= 15 is 0 Å². The molecule has 0 amide bonds. The molecule has 2 aromatic heterocycles. The second kappa shape index (κ2) is 7.93. The number of imidazole rings is 1. The summed E-state index contributed by atoms with van der Waals surface area (Å²) < 4.78 is 38.5. The van der Waals surface area contributed by atoms with Crippen LogP contribution in [0.25, 0.3) is 5.65 Å². The summed E-state index contributed by atoms with van der Waals surface area (Å²) in [5, 5.41) is 0. The van der Waals surface area contributed by atoms with Gasteiger partial charge in [0.25, 0.3) is 0 Å². The van der Waals surface area contributed by atoms with E-state index in [2.05, 4.69) is 4.98 Å². The summed E-state index contributed by atoms with van der Waals surface area (Å²) in [6, 6.07) is 11.5. The van der Waals surface area contributed by atoms with Crippen LogP contribution >= 0.6 is 0 Å². The van der Waals surface area contributed by atoms with Crippen LogP contribution in [0.2, 0.25) is 0 Å².